The molecule has 11 heavy (non-hydrogen) atoms. The van der Waals surface area contributed by atoms with Gasteiger partial charge in [-0.25, -0.2) is 0 Å². The minimum atomic E-state index is -4.42. The first-order valence-corrected chi connectivity index (χ1v) is 4.87. The van der Waals surface area contributed by atoms with Gasteiger partial charge >= 0.3 is 10.2 Å². The molecule has 0 aromatic carbocycles. The second kappa shape index (κ2) is 3.21. The first-order chi connectivity index (χ1) is 5.08. The Hall–Kier alpha value is -0.580. The predicted octanol–water partition coefficient (Wildman–Crippen LogP) is 0.980. The quantitative estimate of drug-likeness (QED) is 0.595. The van der Waals surface area contributed by atoms with Crippen molar-refractivity contribution in [3.63, 3.8) is 0 Å². The molecule has 0 aliphatic carbocycles. The number of ether oxygens (including phenoxy) is 1. The normalized spacial score (nSPS) is 18.8. The number of rotatable bonds is 2. The fourth-order valence-electron chi connectivity index (χ4n) is 0.879. The summed E-state index contributed by atoms with van der Waals surface area (Å²) in [5.41, 5.74) is 0. The van der Waals surface area contributed by atoms with E-state index in [4.69, 9.17) is 4.74 Å². The zero-order chi connectivity index (χ0) is 8.32. The van der Waals surface area contributed by atoms with Gasteiger partial charge in [-0.3, -0.25) is 0 Å². The molecule has 64 valence electrons. The van der Waals surface area contributed by atoms with Gasteiger partial charge in [0, 0.05) is 0 Å². The maximum Gasteiger partial charge on any atom is 0.309 e. The lowest BCUT2D eigenvalue weighted by molar-refractivity contribution is 0.196. The van der Waals surface area contributed by atoms with Crippen molar-refractivity contribution in [1.29, 1.82) is 0 Å². The van der Waals surface area contributed by atoms with E-state index in [1.54, 1.807) is 6.08 Å². The Labute approximate surface area is 65.1 Å². The fourth-order valence-corrected chi connectivity index (χ4v) is 1.42. The lowest BCUT2D eigenvalue weighted by atomic mass is 10.2. The van der Waals surface area contributed by atoms with Crippen molar-refractivity contribution in [3.05, 3.63) is 11.8 Å². The zero-order valence-electron chi connectivity index (χ0n) is 5.92. The summed E-state index contributed by atoms with van der Waals surface area (Å²) in [6.07, 6.45) is 3.25. The highest BCUT2D eigenvalue weighted by atomic mass is 32.3. The van der Waals surface area contributed by atoms with Gasteiger partial charge in [-0.1, -0.05) is 0 Å². The van der Waals surface area contributed by atoms with Gasteiger partial charge < -0.3 is 4.74 Å². The Morgan fingerprint density at radius 1 is 1.64 bits per heavy atom. The average molecular weight is 180 g/mol. The fraction of sp³-hybridized carbons (Fsp3) is 0.667. The van der Waals surface area contributed by atoms with Crippen LogP contribution in [0.1, 0.15) is 12.8 Å². The molecule has 0 fully saturated rings. The van der Waals surface area contributed by atoms with Crippen molar-refractivity contribution in [3.8, 4) is 0 Å². The average Bonchev–Trinajstić information content (AvgIpc) is 1.85. The molecular formula is C6H9FO3S. The van der Waals surface area contributed by atoms with Crippen LogP contribution in [0.3, 0.4) is 0 Å². The van der Waals surface area contributed by atoms with Gasteiger partial charge in [-0.2, -0.15) is 8.42 Å². The molecule has 1 heterocycles. The van der Waals surface area contributed by atoms with E-state index in [1.165, 1.54) is 0 Å². The summed E-state index contributed by atoms with van der Waals surface area (Å²) >= 11 is 0. The minimum Gasteiger partial charge on any atom is -0.497 e. The van der Waals surface area contributed by atoms with Crippen LogP contribution in [0.4, 0.5) is 3.89 Å². The third-order valence-electron chi connectivity index (χ3n) is 1.32. The Balaban J connectivity index is 2.55. The summed E-state index contributed by atoms with van der Waals surface area (Å²) in [6.45, 7) is 0.487. The molecule has 1 rings (SSSR count). The molecule has 1 aliphatic rings. The maximum absolute atomic E-state index is 12.0. The number of allylic oxidation sites excluding steroid dienone is 1. The van der Waals surface area contributed by atoms with E-state index in [0.717, 1.165) is 12.8 Å². The van der Waals surface area contributed by atoms with Crippen LogP contribution >= 0.6 is 0 Å². The summed E-state index contributed by atoms with van der Waals surface area (Å²) in [5, 5.41) is 0. The van der Waals surface area contributed by atoms with Gasteiger partial charge in [0.15, 0.2) is 0 Å². The van der Waals surface area contributed by atoms with E-state index in [1.807, 2.05) is 0 Å². The molecule has 0 saturated carbocycles. The molecule has 0 saturated heterocycles. The largest absolute Gasteiger partial charge is 0.497 e. The highest BCUT2D eigenvalue weighted by Gasteiger charge is 2.14. The molecule has 1 aliphatic heterocycles. The van der Waals surface area contributed by atoms with E-state index in [2.05, 4.69) is 0 Å². The number of halogens is 1. The van der Waals surface area contributed by atoms with Crippen molar-refractivity contribution in [2.45, 2.75) is 12.8 Å². The van der Waals surface area contributed by atoms with Crippen LogP contribution < -0.4 is 0 Å². The Kier molecular flexibility index (Phi) is 2.49. The third kappa shape index (κ3) is 3.36. The monoisotopic (exact) mass is 180 g/mol. The Morgan fingerprint density at radius 2 is 2.36 bits per heavy atom. The van der Waals surface area contributed by atoms with Crippen molar-refractivity contribution >= 4 is 10.2 Å². The van der Waals surface area contributed by atoms with Gasteiger partial charge in [0.25, 0.3) is 0 Å². The molecule has 3 nitrogen and oxygen atoms in total. The van der Waals surface area contributed by atoms with E-state index in [9.17, 15) is 12.3 Å². The first-order valence-electron chi connectivity index (χ1n) is 3.32. The van der Waals surface area contributed by atoms with E-state index < -0.39 is 16.0 Å². The maximum atomic E-state index is 12.0. The summed E-state index contributed by atoms with van der Waals surface area (Å²) in [7, 11) is -4.42. The van der Waals surface area contributed by atoms with Crippen LogP contribution in [0.25, 0.3) is 0 Å². The van der Waals surface area contributed by atoms with Crippen LogP contribution in [-0.4, -0.2) is 20.8 Å². The summed E-state index contributed by atoms with van der Waals surface area (Å²) in [5.74, 6) is -0.383. The molecule has 5 heteroatoms. The van der Waals surface area contributed by atoms with E-state index >= 15 is 0 Å². The molecule has 0 atom stereocenters. The number of hydrogen-bond donors (Lipinski definition) is 0. The van der Waals surface area contributed by atoms with Gasteiger partial charge in [-0.15, -0.1) is 3.89 Å². The van der Waals surface area contributed by atoms with Crippen LogP contribution in [0.2, 0.25) is 0 Å². The van der Waals surface area contributed by atoms with Crippen LogP contribution in [-0.2, 0) is 15.0 Å². The Morgan fingerprint density at radius 3 is 2.82 bits per heavy atom. The topological polar surface area (TPSA) is 43.4 Å². The first kappa shape index (κ1) is 8.52. The van der Waals surface area contributed by atoms with Crippen molar-refractivity contribution in [2.24, 2.45) is 0 Å². The third-order valence-corrected chi connectivity index (χ3v) is 1.95. The molecule has 0 spiro atoms. The van der Waals surface area contributed by atoms with Crippen molar-refractivity contribution < 1.29 is 17.0 Å². The van der Waals surface area contributed by atoms with E-state index in [0.29, 0.717) is 6.61 Å². The lowest BCUT2D eigenvalue weighted by Crippen LogP contribution is -2.09. The molecule has 0 amide bonds. The van der Waals surface area contributed by atoms with Gasteiger partial charge in [0.1, 0.15) is 11.5 Å². The molecule has 0 unspecified atom stereocenters. The van der Waals surface area contributed by atoms with Gasteiger partial charge in [-0.05, 0) is 18.9 Å². The molecule has 0 aromatic heterocycles. The molecule has 0 aromatic rings. The standard InChI is InChI=1S/C6H9FO3S/c7-11(8,9)5-6-3-1-2-4-10-6/h3H,1-2,4-5H2. The van der Waals surface area contributed by atoms with Crippen molar-refractivity contribution in [2.75, 3.05) is 12.4 Å². The molecule has 0 bridgehead atoms. The summed E-state index contributed by atoms with van der Waals surface area (Å²) in [6, 6.07) is 0. The summed E-state index contributed by atoms with van der Waals surface area (Å²) in [4.78, 5) is 0. The van der Waals surface area contributed by atoms with Crippen LogP contribution in [0.5, 0.6) is 0 Å². The van der Waals surface area contributed by atoms with Gasteiger partial charge in [0.2, 0.25) is 0 Å². The minimum absolute atomic E-state index is 0.235. The smallest absolute Gasteiger partial charge is 0.309 e. The number of hydrogen-bond acceptors (Lipinski definition) is 3. The molecule has 0 radical (unpaired) electrons. The lowest BCUT2D eigenvalue weighted by Gasteiger charge is -2.12. The SMILES string of the molecule is O=S(=O)(F)CC1=CCCCO1. The Bertz CT molecular complexity index is 255. The van der Waals surface area contributed by atoms with Crippen molar-refractivity contribution in [1.82, 2.24) is 0 Å². The second-order valence-electron chi connectivity index (χ2n) is 2.34. The summed E-state index contributed by atoms with van der Waals surface area (Å²) < 4.78 is 37.1. The highest BCUT2D eigenvalue weighted by Crippen LogP contribution is 2.12. The van der Waals surface area contributed by atoms with Crippen LogP contribution in [0, 0.1) is 0 Å². The van der Waals surface area contributed by atoms with Gasteiger partial charge in [0.05, 0.1) is 6.61 Å². The molecule has 0 N–H and O–H groups in total. The van der Waals surface area contributed by atoms with Crippen LogP contribution in [0.15, 0.2) is 11.8 Å². The highest BCUT2D eigenvalue weighted by molar-refractivity contribution is 7.86. The molecular weight excluding hydrogens is 171 g/mol. The van der Waals surface area contributed by atoms with E-state index in [-0.39, 0.29) is 5.76 Å². The zero-order valence-corrected chi connectivity index (χ0v) is 6.73. The second-order valence-corrected chi connectivity index (χ2v) is 3.71. The predicted molar refractivity (Wildman–Crippen MR) is 38.2 cm³/mol.